The molecule has 10 heteroatoms. The lowest BCUT2D eigenvalue weighted by molar-refractivity contribution is -0.870. The van der Waals surface area contributed by atoms with Crippen molar-refractivity contribution in [1.82, 2.24) is 5.32 Å². The molecule has 1 N–H and O–H groups in total. The van der Waals surface area contributed by atoms with Gasteiger partial charge in [0.15, 0.2) is 0 Å². The minimum absolute atomic E-state index is 0.0194. The fourth-order valence-electron chi connectivity index (χ4n) is 9.55. The van der Waals surface area contributed by atoms with Crippen molar-refractivity contribution in [2.45, 2.75) is 328 Å². The molecule has 0 heterocycles. The van der Waals surface area contributed by atoms with Crippen molar-refractivity contribution >= 4 is 19.7 Å². The third kappa shape index (κ3) is 56.8. The van der Waals surface area contributed by atoms with Crippen LogP contribution >= 0.6 is 7.82 Å². The van der Waals surface area contributed by atoms with E-state index in [0.29, 0.717) is 17.4 Å². The van der Waals surface area contributed by atoms with Crippen LogP contribution in [0.15, 0.2) is 36.5 Å². The summed E-state index contributed by atoms with van der Waals surface area (Å²) in [5.74, 6) is -0.527. The van der Waals surface area contributed by atoms with Crippen LogP contribution in [0, 0.1) is 0 Å². The van der Waals surface area contributed by atoms with Crippen molar-refractivity contribution in [3.8, 4) is 0 Å². The molecule has 9 nitrogen and oxygen atoms in total. The number of hydrogen-bond acceptors (Lipinski definition) is 7. The summed E-state index contributed by atoms with van der Waals surface area (Å²) >= 11 is 0. The molecule has 0 bridgehead atoms. The summed E-state index contributed by atoms with van der Waals surface area (Å²) in [6.07, 6.45) is 66.8. The third-order valence-corrected chi connectivity index (χ3v) is 15.5. The van der Waals surface area contributed by atoms with Crippen LogP contribution in [0.3, 0.4) is 0 Å². The van der Waals surface area contributed by atoms with E-state index in [9.17, 15) is 19.0 Å². The van der Waals surface area contributed by atoms with Gasteiger partial charge in [-0.25, -0.2) is 0 Å². The first kappa shape index (κ1) is 73.2. The Labute approximate surface area is 466 Å². The minimum atomic E-state index is -4.69. The highest BCUT2D eigenvalue weighted by Crippen LogP contribution is 2.38. The van der Waals surface area contributed by atoms with Crippen LogP contribution in [0.1, 0.15) is 316 Å². The van der Waals surface area contributed by atoms with Gasteiger partial charge in [-0.1, -0.05) is 276 Å². The van der Waals surface area contributed by atoms with E-state index in [1.165, 1.54) is 218 Å². The van der Waals surface area contributed by atoms with E-state index >= 15 is 0 Å². The lowest BCUT2D eigenvalue weighted by Gasteiger charge is -2.30. The average molecular weight is 1080 g/mol. The SMILES string of the molecule is CCCCC/C=C\C/C=C\CCCCCCCCCCCCCCCC(=O)OC(/C=C/CCCCCCCCCCCCC)C(COP(=O)([O-])OCC[N+](C)(C)C)NC(=O)CCCCCCCCCCCCCCC. The summed E-state index contributed by atoms with van der Waals surface area (Å²) in [5, 5.41) is 3.03. The summed E-state index contributed by atoms with van der Waals surface area (Å²) in [7, 11) is 1.20. The van der Waals surface area contributed by atoms with Gasteiger partial charge >= 0.3 is 5.97 Å². The number of carbonyl (C=O) groups excluding carboxylic acids is 2. The van der Waals surface area contributed by atoms with E-state index in [2.05, 4.69) is 50.4 Å². The maximum atomic E-state index is 13.5. The van der Waals surface area contributed by atoms with Gasteiger partial charge in [-0.15, -0.1) is 0 Å². The summed E-state index contributed by atoms with van der Waals surface area (Å²) in [6.45, 7) is 6.86. The standard InChI is InChI=1S/C65H125N2O7P/c1-7-10-13-16-19-22-25-28-29-30-31-32-33-34-35-36-37-40-43-46-49-52-55-58-65(69)74-63(56-53-50-47-44-41-38-26-23-20-17-14-11-8-2)62(61-73-75(70,71)72-60-59-67(4,5)6)66-64(68)57-54-51-48-45-42-39-27-24-21-18-15-12-9-3/h19,22,28-29,53,56,62-63H,7-18,20-21,23-27,30-52,54-55,57-61H2,1-6H3,(H-,66,68,70,71)/b22-19-,29-28-,56-53+. The molecular weight excluding hydrogens is 952 g/mol. The number of allylic oxidation sites excluding steroid dienone is 5. The average Bonchev–Trinajstić information content (AvgIpc) is 3.37. The molecule has 0 fully saturated rings. The number of ether oxygens (including phenoxy) is 1. The summed E-state index contributed by atoms with van der Waals surface area (Å²) in [4.78, 5) is 40.0. The summed E-state index contributed by atoms with van der Waals surface area (Å²) in [5.41, 5.74) is 0. The van der Waals surface area contributed by atoms with E-state index < -0.39 is 20.0 Å². The number of rotatable bonds is 59. The van der Waals surface area contributed by atoms with Crippen LogP contribution in [0.5, 0.6) is 0 Å². The number of hydrogen-bond donors (Lipinski definition) is 1. The highest BCUT2D eigenvalue weighted by atomic mass is 31.2. The number of phosphoric ester groups is 1. The highest BCUT2D eigenvalue weighted by molar-refractivity contribution is 7.45. The molecule has 0 saturated carbocycles. The number of unbranched alkanes of at least 4 members (excludes halogenated alkanes) is 39. The Hall–Kier alpha value is -1.77. The van der Waals surface area contributed by atoms with Gasteiger partial charge in [-0.3, -0.25) is 14.2 Å². The smallest absolute Gasteiger partial charge is 0.306 e. The van der Waals surface area contributed by atoms with Gasteiger partial charge in [0.1, 0.15) is 19.3 Å². The molecule has 0 aromatic heterocycles. The molecule has 0 aliphatic heterocycles. The first-order valence-electron chi connectivity index (χ1n) is 32.3. The molecule has 0 radical (unpaired) electrons. The fraction of sp³-hybridized carbons (Fsp3) is 0.877. The predicted molar refractivity (Wildman–Crippen MR) is 321 cm³/mol. The summed E-state index contributed by atoms with van der Waals surface area (Å²) in [6, 6.07) is -0.883. The Morgan fingerprint density at radius 2 is 0.813 bits per heavy atom. The van der Waals surface area contributed by atoms with Crippen molar-refractivity contribution in [2.75, 3.05) is 40.9 Å². The molecule has 0 spiro atoms. The molecule has 3 unspecified atom stereocenters. The Kier molecular flexibility index (Phi) is 54.2. The van der Waals surface area contributed by atoms with Crippen molar-refractivity contribution in [1.29, 1.82) is 0 Å². The Balaban J connectivity index is 5.14. The van der Waals surface area contributed by atoms with Crippen LogP contribution in [0.2, 0.25) is 0 Å². The van der Waals surface area contributed by atoms with E-state index in [4.69, 9.17) is 13.8 Å². The molecule has 0 saturated heterocycles. The number of nitrogens with one attached hydrogen (secondary N) is 1. The molecule has 442 valence electrons. The number of nitrogens with zero attached hydrogens (tertiary/aromatic N) is 1. The maximum Gasteiger partial charge on any atom is 0.306 e. The van der Waals surface area contributed by atoms with Crippen LogP contribution in [-0.4, -0.2) is 69.4 Å². The molecule has 0 aromatic rings. The molecule has 3 atom stereocenters. The Bertz CT molecular complexity index is 1380. The highest BCUT2D eigenvalue weighted by Gasteiger charge is 2.27. The molecule has 0 rings (SSSR count). The first-order chi connectivity index (χ1) is 36.4. The summed E-state index contributed by atoms with van der Waals surface area (Å²) < 4.78 is 30.3. The van der Waals surface area contributed by atoms with Crippen LogP contribution in [0.25, 0.3) is 0 Å². The van der Waals surface area contributed by atoms with Gasteiger partial charge in [-0.2, -0.15) is 0 Å². The maximum absolute atomic E-state index is 13.5. The topological polar surface area (TPSA) is 114 Å². The zero-order valence-corrected chi connectivity index (χ0v) is 51.4. The number of likely N-dealkylation sites (N-methyl/N-ethyl adjacent to an activating group) is 1. The van der Waals surface area contributed by atoms with Crippen LogP contribution < -0.4 is 10.2 Å². The molecule has 1 amide bonds. The normalized spacial score (nSPS) is 13.9. The van der Waals surface area contributed by atoms with Crippen LogP contribution in [0.4, 0.5) is 0 Å². The van der Waals surface area contributed by atoms with E-state index in [0.717, 1.165) is 64.2 Å². The first-order valence-corrected chi connectivity index (χ1v) is 33.8. The fourth-order valence-corrected chi connectivity index (χ4v) is 10.3. The lowest BCUT2D eigenvalue weighted by Crippen LogP contribution is -2.47. The van der Waals surface area contributed by atoms with Gasteiger partial charge in [0.05, 0.1) is 33.8 Å². The van der Waals surface area contributed by atoms with Crippen molar-refractivity contribution in [3.63, 3.8) is 0 Å². The van der Waals surface area contributed by atoms with Gasteiger partial charge in [0.2, 0.25) is 5.91 Å². The van der Waals surface area contributed by atoms with Crippen LogP contribution in [-0.2, 0) is 27.9 Å². The lowest BCUT2D eigenvalue weighted by atomic mass is 10.0. The van der Waals surface area contributed by atoms with Gasteiger partial charge in [0.25, 0.3) is 7.82 Å². The van der Waals surface area contributed by atoms with E-state index in [1.54, 1.807) is 0 Å². The van der Waals surface area contributed by atoms with E-state index in [1.807, 2.05) is 33.3 Å². The zero-order valence-electron chi connectivity index (χ0n) is 50.5. The number of carbonyl (C=O) groups is 2. The molecule has 0 aliphatic rings. The van der Waals surface area contributed by atoms with Gasteiger partial charge in [-0.05, 0) is 63.9 Å². The van der Waals surface area contributed by atoms with Gasteiger partial charge < -0.3 is 28.5 Å². The monoisotopic (exact) mass is 1080 g/mol. The van der Waals surface area contributed by atoms with Crippen molar-refractivity contribution in [3.05, 3.63) is 36.5 Å². The predicted octanol–water partition coefficient (Wildman–Crippen LogP) is 19.3. The number of quaternary nitrogens is 1. The Morgan fingerprint density at radius 3 is 1.23 bits per heavy atom. The zero-order chi connectivity index (χ0) is 55.0. The third-order valence-electron chi connectivity index (χ3n) is 14.6. The minimum Gasteiger partial charge on any atom is -0.756 e. The molecule has 0 aliphatic carbocycles. The van der Waals surface area contributed by atoms with E-state index in [-0.39, 0.29) is 31.5 Å². The largest absolute Gasteiger partial charge is 0.756 e. The second-order valence-electron chi connectivity index (χ2n) is 23.3. The second-order valence-corrected chi connectivity index (χ2v) is 24.7. The van der Waals surface area contributed by atoms with Crippen molar-refractivity contribution in [2.24, 2.45) is 0 Å². The van der Waals surface area contributed by atoms with Crippen molar-refractivity contribution < 1.29 is 37.3 Å². The Morgan fingerprint density at radius 1 is 0.467 bits per heavy atom. The number of phosphoric acid groups is 1. The molecular formula is C65H125N2O7P. The quantitative estimate of drug-likeness (QED) is 0.0212. The number of amides is 1. The molecule has 0 aromatic carbocycles. The molecule has 75 heavy (non-hydrogen) atoms. The number of esters is 1. The van der Waals surface area contributed by atoms with Gasteiger partial charge in [0, 0.05) is 12.8 Å². The second kappa shape index (κ2) is 55.5.